The third kappa shape index (κ3) is 9.10. The van der Waals surface area contributed by atoms with E-state index in [2.05, 4.69) is 37.4 Å². The summed E-state index contributed by atoms with van der Waals surface area (Å²) < 4.78 is 40.3. The maximum atomic E-state index is 13.2. The summed E-state index contributed by atoms with van der Waals surface area (Å²) in [5, 5.41) is 6.39. The number of benzene rings is 2. The minimum atomic E-state index is -3.76. The van der Waals surface area contributed by atoms with Crippen molar-refractivity contribution < 1.29 is 22.7 Å². The van der Waals surface area contributed by atoms with Gasteiger partial charge < -0.3 is 15.0 Å². The first-order chi connectivity index (χ1) is 30.4. The molecule has 3 N–H and O–H groups in total. The molecule has 334 valence electrons. The second kappa shape index (κ2) is 18.1. The van der Waals surface area contributed by atoms with E-state index < -0.39 is 22.0 Å². The van der Waals surface area contributed by atoms with Gasteiger partial charge in [-0.15, -0.1) is 0 Å². The number of rotatable bonds is 13. The van der Waals surface area contributed by atoms with E-state index in [0.717, 1.165) is 94.7 Å². The van der Waals surface area contributed by atoms with Crippen LogP contribution in [0.4, 0.5) is 11.6 Å². The summed E-state index contributed by atoms with van der Waals surface area (Å²) in [7, 11) is -2.02. The molecule has 2 aliphatic heterocycles. The van der Waals surface area contributed by atoms with Crippen molar-refractivity contribution in [2.24, 2.45) is 13.0 Å². The number of nitrogens with zero attached hydrogens (tertiary/aromatic N) is 6. The number of sulfonamides is 1. The van der Waals surface area contributed by atoms with Gasteiger partial charge >= 0.3 is 5.69 Å². The molecule has 1 atom stereocenters. The predicted octanol–water partition coefficient (Wildman–Crippen LogP) is 5.32. The Morgan fingerprint density at radius 1 is 0.857 bits per heavy atom. The number of hydrogen-bond donors (Lipinski definition) is 3. The Labute approximate surface area is 366 Å². The van der Waals surface area contributed by atoms with Crippen LogP contribution in [-0.2, 0) is 31.4 Å². The summed E-state index contributed by atoms with van der Waals surface area (Å²) in [5.41, 5.74) is 4.40. The molecular formula is C46H57N9O7S. The Kier molecular flexibility index (Phi) is 12.4. The molecule has 3 aromatic heterocycles. The van der Waals surface area contributed by atoms with Gasteiger partial charge in [0.25, 0.3) is 5.56 Å². The second-order valence-corrected chi connectivity index (χ2v) is 19.7. The number of carbonyl (C=O) groups is 2. The number of nitrogens with one attached hydrogen (secondary N) is 3. The number of fused-ring (bicyclic) bond motifs is 2. The zero-order valence-electron chi connectivity index (χ0n) is 36.1. The number of likely N-dealkylation sites (tertiary alicyclic amines) is 1. The van der Waals surface area contributed by atoms with Gasteiger partial charge in [0.05, 0.1) is 28.6 Å². The predicted molar refractivity (Wildman–Crippen MR) is 240 cm³/mol. The van der Waals surface area contributed by atoms with Gasteiger partial charge in [0.1, 0.15) is 11.7 Å². The number of amides is 2. The molecule has 5 heterocycles. The zero-order valence-corrected chi connectivity index (χ0v) is 36.9. The van der Waals surface area contributed by atoms with Crippen molar-refractivity contribution in [2.75, 3.05) is 38.1 Å². The third-order valence-corrected chi connectivity index (χ3v) is 15.3. The number of aryl methyl sites for hydroxylation is 2. The molecule has 2 aromatic carbocycles. The average molecular weight is 880 g/mol. The van der Waals surface area contributed by atoms with Gasteiger partial charge in [-0.05, 0) is 137 Å². The molecule has 17 heteroatoms. The number of imidazole rings is 1. The van der Waals surface area contributed by atoms with Crippen molar-refractivity contribution in [3.05, 3.63) is 86.7 Å². The molecule has 0 bridgehead atoms. The van der Waals surface area contributed by atoms with Gasteiger partial charge in [-0.1, -0.05) is 18.9 Å². The van der Waals surface area contributed by atoms with Crippen molar-refractivity contribution in [2.45, 2.75) is 113 Å². The number of hydrogen-bond acceptors (Lipinski definition) is 11. The molecule has 1 unspecified atom stereocenters. The normalized spacial score (nSPS) is 22.0. The van der Waals surface area contributed by atoms with Gasteiger partial charge in [0.2, 0.25) is 27.8 Å². The summed E-state index contributed by atoms with van der Waals surface area (Å²) >= 11 is 0. The fraction of sp³-hybridized carbons (Fsp3) is 0.522. The Morgan fingerprint density at radius 2 is 1.63 bits per heavy atom. The lowest BCUT2D eigenvalue weighted by Gasteiger charge is -2.36. The van der Waals surface area contributed by atoms with E-state index in [1.54, 1.807) is 52.7 Å². The molecule has 4 aliphatic rings. The highest BCUT2D eigenvalue weighted by Crippen LogP contribution is 2.34. The first-order valence-electron chi connectivity index (χ1n) is 22.6. The van der Waals surface area contributed by atoms with Crippen molar-refractivity contribution in [1.82, 2.24) is 38.6 Å². The second-order valence-electron chi connectivity index (χ2n) is 18.0. The molecule has 0 spiro atoms. The van der Waals surface area contributed by atoms with Crippen LogP contribution in [0.25, 0.3) is 22.1 Å². The number of anilines is 2. The summed E-state index contributed by atoms with van der Waals surface area (Å²) in [6.45, 7) is 5.40. The summed E-state index contributed by atoms with van der Waals surface area (Å²) in [5.74, 6) is 0.610. The fourth-order valence-electron chi connectivity index (χ4n) is 10.3. The Morgan fingerprint density at radius 3 is 2.38 bits per heavy atom. The largest absolute Gasteiger partial charge is 0.377 e. The first kappa shape index (κ1) is 43.0. The SMILES string of the molecule is Cc1cc(S(=O)(=O)NCCOC2CCC(CN3CCC(c4ccc5c(c4)n(C)c(=O)n5C4CCC(=O)NC4=O)CC3)CC2)ccc1Nc1ncc2ccc(=O)n(C3CCCC3)c2n1. The molecular weight excluding hydrogens is 823 g/mol. The highest BCUT2D eigenvalue weighted by Gasteiger charge is 2.32. The van der Waals surface area contributed by atoms with E-state index in [1.807, 2.05) is 13.0 Å². The number of pyridine rings is 1. The van der Waals surface area contributed by atoms with Crippen LogP contribution in [0.3, 0.4) is 0 Å². The Bertz CT molecular complexity index is 2760. The molecule has 2 aliphatic carbocycles. The van der Waals surface area contributed by atoms with E-state index in [-0.39, 0.29) is 47.2 Å². The average Bonchev–Trinajstić information content (AvgIpc) is 3.89. The van der Waals surface area contributed by atoms with E-state index in [1.165, 1.54) is 10.1 Å². The quantitative estimate of drug-likeness (QED) is 0.102. The Balaban J connectivity index is 0.708. The summed E-state index contributed by atoms with van der Waals surface area (Å²) in [6.07, 6.45) is 12.6. The molecule has 0 radical (unpaired) electrons. The van der Waals surface area contributed by atoms with Crippen LogP contribution in [0.15, 0.2) is 69.2 Å². The van der Waals surface area contributed by atoms with Crippen molar-refractivity contribution in [3.8, 4) is 0 Å². The lowest BCUT2D eigenvalue weighted by molar-refractivity contribution is -0.135. The van der Waals surface area contributed by atoms with E-state index in [4.69, 9.17) is 9.72 Å². The Hall–Kier alpha value is -5.23. The monoisotopic (exact) mass is 879 g/mol. The fourth-order valence-corrected chi connectivity index (χ4v) is 11.4. The van der Waals surface area contributed by atoms with E-state index in [9.17, 15) is 27.6 Å². The minimum absolute atomic E-state index is 0.0661. The van der Waals surface area contributed by atoms with Gasteiger partial charge in [0.15, 0.2) is 0 Å². The van der Waals surface area contributed by atoms with E-state index >= 15 is 0 Å². The first-order valence-corrected chi connectivity index (χ1v) is 24.0. The number of carbonyl (C=O) groups excluding carboxylic acids is 2. The van der Waals surface area contributed by atoms with Crippen LogP contribution < -0.4 is 26.6 Å². The molecule has 2 saturated carbocycles. The standard InChI is InChI=1S/C46H57N9O7S/c1-29-25-36(13-14-37(29)49-45-47-27-33-10-18-42(57)54(43(33)51-45)34-5-3-4-6-34)63(60,61)48-21-24-62-35-11-7-30(8-12-35)28-53-22-19-31(20-23-53)32-9-15-38-40(26-32)52(2)46(59)55(38)39-16-17-41(56)50-44(39)58/h9-10,13-15,18,25-27,30-31,34-35,39,48H,3-8,11-12,16-17,19-24,28H2,1-2H3,(H,47,49,51)(H,50,56,58). The maximum absolute atomic E-state index is 13.2. The highest BCUT2D eigenvalue weighted by atomic mass is 32.2. The highest BCUT2D eigenvalue weighted by molar-refractivity contribution is 7.89. The van der Waals surface area contributed by atoms with Crippen molar-refractivity contribution >= 4 is 55.5 Å². The lowest BCUT2D eigenvalue weighted by atomic mass is 9.85. The van der Waals surface area contributed by atoms with Gasteiger partial charge in [-0.25, -0.2) is 22.9 Å². The number of piperidine rings is 2. The van der Waals surface area contributed by atoms with Crippen LogP contribution in [0.1, 0.15) is 106 Å². The van der Waals surface area contributed by atoms with Crippen molar-refractivity contribution in [3.63, 3.8) is 0 Å². The number of aromatic nitrogens is 5. The van der Waals surface area contributed by atoms with E-state index in [0.29, 0.717) is 53.2 Å². The molecule has 5 aromatic rings. The van der Waals surface area contributed by atoms with Crippen LogP contribution >= 0.6 is 0 Å². The summed E-state index contributed by atoms with van der Waals surface area (Å²) in [4.78, 5) is 62.3. The molecule has 16 nitrogen and oxygen atoms in total. The molecule has 4 fully saturated rings. The van der Waals surface area contributed by atoms with Crippen LogP contribution in [0, 0.1) is 12.8 Å². The van der Waals surface area contributed by atoms with Crippen LogP contribution in [0.5, 0.6) is 0 Å². The van der Waals surface area contributed by atoms with Gasteiger partial charge in [0, 0.05) is 55.9 Å². The topological polar surface area (TPSA) is 192 Å². The molecule has 2 saturated heterocycles. The van der Waals surface area contributed by atoms with Crippen LogP contribution in [-0.4, -0.2) is 87.7 Å². The molecule has 9 rings (SSSR count). The minimum Gasteiger partial charge on any atom is -0.377 e. The van der Waals surface area contributed by atoms with Crippen molar-refractivity contribution in [1.29, 1.82) is 0 Å². The zero-order chi connectivity index (χ0) is 43.8. The maximum Gasteiger partial charge on any atom is 0.329 e. The third-order valence-electron chi connectivity index (χ3n) is 13.9. The van der Waals surface area contributed by atoms with Crippen LogP contribution in [0.2, 0.25) is 0 Å². The van der Waals surface area contributed by atoms with Gasteiger partial charge in [-0.2, -0.15) is 4.98 Å². The number of imide groups is 1. The molecule has 63 heavy (non-hydrogen) atoms. The smallest absolute Gasteiger partial charge is 0.329 e. The van der Waals surface area contributed by atoms with Gasteiger partial charge in [-0.3, -0.25) is 33.4 Å². The summed E-state index contributed by atoms with van der Waals surface area (Å²) in [6, 6.07) is 13.8. The molecule has 2 amide bonds. The lowest BCUT2D eigenvalue weighted by Crippen LogP contribution is -2.44. The number of ether oxygens (including phenoxy) is 1.